The number of nitrogens with two attached hydrogens (primary N) is 1. The number of hydrogen-bond acceptors (Lipinski definition) is 3. The molecule has 106 valence electrons. The highest BCUT2D eigenvalue weighted by Crippen LogP contribution is 2.28. The van der Waals surface area contributed by atoms with Crippen molar-refractivity contribution >= 4 is 5.69 Å². The fraction of sp³-hybridized carbons (Fsp3) is 0.571. The van der Waals surface area contributed by atoms with Crippen LogP contribution in [0.5, 0.6) is 0 Å². The molecule has 5 heteroatoms. The molecule has 1 heterocycles. The minimum atomic E-state index is -0.524. The summed E-state index contributed by atoms with van der Waals surface area (Å²) < 4.78 is 28.2. The minimum Gasteiger partial charge on any atom is -0.364 e. The van der Waals surface area contributed by atoms with Gasteiger partial charge in [-0.1, -0.05) is 0 Å². The van der Waals surface area contributed by atoms with E-state index in [0.717, 1.165) is 0 Å². The Labute approximate surface area is 113 Å². The molecule has 0 spiro atoms. The molecular formula is C14H21F2N3. The molecule has 0 radical (unpaired) electrons. The molecule has 1 aromatic carbocycles. The molecule has 2 atom stereocenters. The number of piperazine rings is 1. The van der Waals surface area contributed by atoms with Crippen molar-refractivity contribution in [1.82, 2.24) is 4.90 Å². The summed E-state index contributed by atoms with van der Waals surface area (Å²) in [4.78, 5) is 4.01. The molecule has 3 nitrogen and oxygen atoms in total. The number of benzene rings is 1. The molecule has 2 unspecified atom stereocenters. The molecule has 1 aliphatic heterocycles. The molecule has 1 aliphatic rings. The maximum atomic E-state index is 14.1. The first kappa shape index (κ1) is 14.2. The van der Waals surface area contributed by atoms with E-state index >= 15 is 0 Å². The summed E-state index contributed by atoms with van der Waals surface area (Å²) in [5.41, 5.74) is 5.98. The van der Waals surface area contributed by atoms with Crippen LogP contribution in [-0.2, 0) is 6.54 Å². The van der Waals surface area contributed by atoms with Crippen LogP contribution in [0, 0.1) is 11.6 Å². The zero-order valence-electron chi connectivity index (χ0n) is 11.7. The Morgan fingerprint density at radius 1 is 1.16 bits per heavy atom. The van der Waals surface area contributed by atoms with E-state index in [1.165, 1.54) is 12.1 Å². The lowest BCUT2D eigenvalue weighted by atomic mass is 10.1. The Morgan fingerprint density at radius 2 is 1.63 bits per heavy atom. The molecule has 19 heavy (non-hydrogen) atoms. The van der Waals surface area contributed by atoms with E-state index in [1.807, 2.05) is 7.05 Å². The summed E-state index contributed by atoms with van der Waals surface area (Å²) >= 11 is 0. The first-order chi connectivity index (χ1) is 8.93. The van der Waals surface area contributed by atoms with Gasteiger partial charge in [-0.15, -0.1) is 0 Å². The van der Waals surface area contributed by atoms with E-state index in [-0.39, 0.29) is 24.3 Å². The van der Waals surface area contributed by atoms with Gasteiger partial charge in [-0.25, -0.2) is 8.78 Å². The zero-order valence-corrected chi connectivity index (χ0v) is 11.7. The second kappa shape index (κ2) is 5.43. The van der Waals surface area contributed by atoms with Crippen molar-refractivity contribution in [1.29, 1.82) is 0 Å². The van der Waals surface area contributed by atoms with Gasteiger partial charge in [0.05, 0.1) is 0 Å². The average Bonchev–Trinajstić information content (AvgIpc) is 2.34. The van der Waals surface area contributed by atoms with Crippen LogP contribution in [0.2, 0.25) is 0 Å². The molecule has 1 saturated heterocycles. The quantitative estimate of drug-likeness (QED) is 0.890. The van der Waals surface area contributed by atoms with Gasteiger partial charge in [-0.3, -0.25) is 4.90 Å². The largest absolute Gasteiger partial charge is 0.364 e. The molecule has 0 saturated carbocycles. The Morgan fingerprint density at radius 3 is 2.05 bits per heavy atom. The van der Waals surface area contributed by atoms with Crippen molar-refractivity contribution in [3.63, 3.8) is 0 Å². The van der Waals surface area contributed by atoms with Crippen LogP contribution in [0.4, 0.5) is 14.5 Å². The van der Waals surface area contributed by atoms with Crippen molar-refractivity contribution in [3.8, 4) is 0 Å². The smallest absolute Gasteiger partial charge is 0.149 e. The molecular weight excluding hydrogens is 248 g/mol. The molecule has 2 rings (SSSR count). The highest BCUT2D eigenvalue weighted by atomic mass is 19.1. The lowest BCUT2D eigenvalue weighted by Crippen LogP contribution is -2.55. The van der Waals surface area contributed by atoms with E-state index in [1.54, 1.807) is 4.90 Å². The van der Waals surface area contributed by atoms with Gasteiger partial charge in [-0.05, 0) is 38.6 Å². The van der Waals surface area contributed by atoms with Gasteiger partial charge in [-0.2, -0.15) is 0 Å². The first-order valence-electron chi connectivity index (χ1n) is 6.59. The Hall–Kier alpha value is -1.20. The van der Waals surface area contributed by atoms with Crippen molar-refractivity contribution in [2.45, 2.75) is 32.5 Å². The second-order valence-electron chi connectivity index (χ2n) is 5.38. The Balaban J connectivity index is 2.32. The monoisotopic (exact) mass is 269 g/mol. The van der Waals surface area contributed by atoms with Crippen molar-refractivity contribution in [3.05, 3.63) is 29.3 Å². The number of halogens is 2. The fourth-order valence-electron chi connectivity index (χ4n) is 2.62. The summed E-state index contributed by atoms with van der Waals surface area (Å²) in [7, 11) is 2.04. The van der Waals surface area contributed by atoms with Crippen LogP contribution in [0.25, 0.3) is 0 Å². The highest BCUT2D eigenvalue weighted by Gasteiger charge is 2.29. The van der Waals surface area contributed by atoms with Crippen LogP contribution in [0.3, 0.4) is 0 Å². The third-order valence-electron chi connectivity index (χ3n) is 3.99. The molecule has 0 aromatic heterocycles. The third-order valence-corrected chi connectivity index (χ3v) is 3.99. The van der Waals surface area contributed by atoms with Crippen molar-refractivity contribution in [2.24, 2.45) is 5.73 Å². The van der Waals surface area contributed by atoms with E-state index < -0.39 is 11.6 Å². The zero-order chi connectivity index (χ0) is 14.2. The van der Waals surface area contributed by atoms with E-state index in [9.17, 15) is 8.78 Å². The van der Waals surface area contributed by atoms with Gasteiger partial charge in [0, 0.05) is 31.7 Å². The number of rotatable bonds is 2. The molecule has 0 amide bonds. The van der Waals surface area contributed by atoms with Gasteiger partial charge < -0.3 is 10.6 Å². The highest BCUT2D eigenvalue weighted by molar-refractivity contribution is 5.51. The van der Waals surface area contributed by atoms with Crippen LogP contribution in [0.15, 0.2) is 12.1 Å². The Bertz CT molecular complexity index is 429. The summed E-state index contributed by atoms with van der Waals surface area (Å²) in [6, 6.07) is 3.17. The number of likely N-dealkylation sites (N-methyl/N-ethyl adjacent to an activating group) is 1. The van der Waals surface area contributed by atoms with E-state index in [4.69, 9.17) is 5.73 Å². The number of anilines is 1. The summed E-state index contributed by atoms with van der Waals surface area (Å²) in [6.07, 6.45) is 0. The van der Waals surface area contributed by atoms with Gasteiger partial charge in [0.15, 0.2) is 0 Å². The predicted octanol–water partition coefficient (Wildman–Crippen LogP) is 1.95. The van der Waals surface area contributed by atoms with Crippen LogP contribution in [-0.4, -0.2) is 37.1 Å². The van der Waals surface area contributed by atoms with Crippen molar-refractivity contribution < 1.29 is 8.78 Å². The fourth-order valence-corrected chi connectivity index (χ4v) is 2.62. The SMILES string of the molecule is CC1CN(c2c(F)cc(CN)cc2F)CC(C)N1C. The standard InChI is InChI=1S/C14H21F2N3/c1-9-7-19(8-10(2)18(9)3)14-12(15)4-11(6-17)5-13(14)16/h4-5,9-10H,6-8,17H2,1-3H3. The van der Waals surface area contributed by atoms with E-state index in [0.29, 0.717) is 18.7 Å². The average molecular weight is 269 g/mol. The van der Waals surface area contributed by atoms with Gasteiger partial charge in [0.1, 0.15) is 17.3 Å². The van der Waals surface area contributed by atoms with Crippen LogP contribution in [0.1, 0.15) is 19.4 Å². The maximum Gasteiger partial charge on any atom is 0.149 e. The van der Waals surface area contributed by atoms with Gasteiger partial charge in [0.2, 0.25) is 0 Å². The summed E-state index contributed by atoms with van der Waals surface area (Å²) in [6.45, 7) is 5.51. The molecule has 0 aliphatic carbocycles. The van der Waals surface area contributed by atoms with Crippen LogP contribution >= 0.6 is 0 Å². The van der Waals surface area contributed by atoms with Gasteiger partial charge >= 0.3 is 0 Å². The van der Waals surface area contributed by atoms with Gasteiger partial charge in [0.25, 0.3) is 0 Å². The topological polar surface area (TPSA) is 32.5 Å². The lowest BCUT2D eigenvalue weighted by molar-refractivity contribution is 0.169. The molecule has 2 N–H and O–H groups in total. The molecule has 0 bridgehead atoms. The second-order valence-corrected chi connectivity index (χ2v) is 5.38. The first-order valence-corrected chi connectivity index (χ1v) is 6.59. The predicted molar refractivity (Wildman–Crippen MR) is 73.1 cm³/mol. The normalized spacial score (nSPS) is 24.8. The van der Waals surface area contributed by atoms with E-state index in [2.05, 4.69) is 18.7 Å². The number of hydrogen-bond donors (Lipinski definition) is 1. The lowest BCUT2D eigenvalue weighted by Gasteiger charge is -2.43. The number of nitrogens with zero attached hydrogens (tertiary/aromatic N) is 2. The maximum absolute atomic E-state index is 14.1. The van der Waals surface area contributed by atoms with Crippen LogP contribution < -0.4 is 10.6 Å². The Kier molecular flexibility index (Phi) is 4.06. The minimum absolute atomic E-state index is 0.0731. The molecule has 1 aromatic rings. The molecule has 1 fully saturated rings. The van der Waals surface area contributed by atoms with Crippen molar-refractivity contribution in [2.75, 3.05) is 25.0 Å². The summed E-state index contributed by atoms with van der Waals surface area (Å²) in [5.74, 6) is -1.05. The summed E-state index contributed by atoms with van der Waals surface area (Å²) in [5, 5.41) is 0. The third kappa shape index (κ3) is 2.72.